The normalized spacial score (nSPS) is 24.7. The summed E-state index contributed by atoms with van der Waals surface area (Å²) in [4.78, 5) is 21.1. The molecule has 0 bridgehead atoms. The first-order valence-corrected chi connectivity index (χ1v) is 12.4. The van der Waals surface area contributed by atoms with Crippen molar-refractivity contribution in [2.75, 3.05) is 0 Å². The van der Waals surface area contributed by atoms with E-state index in [4.69, 9.17) is 17.3 Å². The molecule has 1 aromatic heterocycles. The van der Waals surface area contributed by atoms with Crippen molar-refractivity contribution in [2.24, 2.45) is 11.7 Å². The maximum atomic E-state index is 14.5. The van der Waals surface area contributed by atoms with Crippen LogP contribution in [0.5, 0.6) is 0 Å². The van der Waals surface area contributed by atoms with E-state index in [2.05, 4.69) is 26.1 Å². The average molecular weight is 497 g/mol. The standard InChI is InChI=1S/C26H30ClFN6O/c1-14-7-9-17(19(28)11-14)26(35)30-21(12-15-5-3-2-4-6-15)25-31-22(23(27)32-25)16-8-10-18-20(13-16)33-34-24(18)29/h2-7,9,11,16,18,20-21,24,33-34H,8,10,12-13,29H2,1H3,(H,30,35)(H,31,32)/t16?,18?,20?,21-,24?/m0/s1. The Morgan fingerprint density at radius 1 is 1.23 bits per heavy atom. The summed E-state index contributed by atoms with van der Waals surface area (Å²) in [6.45, 7) is 1.79. The van der Waals surface area contributed by atoms with Crippen LogP contribution in [0.3, 0.4) is 0 Å². The zero-order chi connectivity index (χ0) is 24.5. The van der Waals surface area contributed by atoms with E-state index in [1.807, 2.05) is 30.3 Å². The van der Waals surface area contributed by atoms with E-state index in [0.29, 0.717) is 23.3 Å². The van der Waals surface area contributed by atoms with Crippen LogP contribution in [0.25, 0.3) is 0 Å². The minimum atomic E-state index is -0.549. The summed E-state index contributed by atoms with van der Waals surface area (Å²) in [5.41, 5.74) is 15.2. The molecule has 3 aromatic rings. The van der Waals surface area contributed by atoms with Crippen molar-refractivity contribution < 1.29 is 9.18 Å². The number of hydrogen-bond acceptors (Lipinski definition) is 5. The molecule has 0 spiro atoms. The Bertz CT molecular complexity index is 1200. The van der Waals surface area contributed by atoms with Crippen LogP contribution < -0.4 is 21.9 Å². The van der Waals surface area contributed by atoms with Crippen LogP contribution in [0, 0.1) is 18.7 Å². The van der Waals surface area contributed by atoms with Crippen LogP contribution in [0.4, 0.5) is 4.39 Å². The number of amides is 1. The number of halogens is 2. The predicted octanol–water partition coefficient (Wildman–Crippen LogP) is 3.87. The van der Waals surface area contributed by atoms with Gasteiger partial charge in [0, 0.05) is 17.9 Å². The second-order valence-corrected chi connectivity index (χ2v) is 9.98. The lowest BCUT2D eigenvalue weighted by molar-refractivity contribution is 0.0930. The quantitative estimate of drug-likeness (QED) is 0.356. The fourth-order valence-electron chi connectivity index (χ4n) is 5.29. The molecule has 2 aliphatic rings. The number of H-pyrrole nitrogens is 1. The lowest BCUT2D eigenvalue weighted by Gasteiger charge is -2.31. The summed E-state index contributed by atoms with van der Waals surface area (Å²) in [6.07, 6.45) is 3.26. The number of carbonyl (C=O) groups excluding carboxylic acids is 1. The Morgan fingerprint density at radius 2 is 2.03 bits per heavy atom. The topological polar surface area (TPSA) is 108 Å². The van der Waals surface area contributed by atoms with Crippen LogP contribution in [0.15, 0.2) is 48.5 Å². The number of fused-ring (bicyclic) bond motifs is 1. The number of benzene rings is 2. The Kier molecular flexibility index (Phi) is 6.88. The number of nitrogens with one attached hydrogen (secondary N) is 4. The molecule has 2 aromatic carbocycles. The highest BCUT2D eigenvalue weighted by Crippen LogP contribution is 2.40. The monoisotopic (exact) mass is 496 g/mol. The van der Waals surface area contributed by atoms with Crippen LogP contribution in [0.2, 0.25) is 5.15 Å². The molecule has 2 heterocycles. The summed E-state index contributed by atoms with van der Waals surface area (Å²) < 4.78 is 14.5. The van der Waals surface area contributed by atoms with Crippen molar-refractivity contribution in [3.63, 3.8) is 0 Å². The third kappa shape index (κ3) is 5.11. The van der Waals surface area contributed by atoms with E-state index < -0.39 is 17.8 Å². The van der Waals surface area contributed by atoms with Gasteiger partial charge in [0.05, 0.1) is 23.5 Å². The van der Waals surface area contributed by atoms with E-state index in [9.17, 15) is 9.18 Å². The number of nitrogens with two attached hydrogens (primary N) is 1. The van der Waals surface area contributed by atoms with E-state index in [0.717, 1.165) is 36.1 Å². The first-order valence-electron chi connectivity index (χ1n) is 12.0. The molecule has 4 unspecified atom stereocenters. The van der Waals surface area contributed by atoms with Gasteiger partial charge in [0.1, 0.15) is 11.6 Å². The molecule has 1 aliphatic carbocycles. The molecule has 35 heavy (non-hydrogen) atoms. The van der Waals surface area contributed by atoms with Gasteiger partial charge in [-0.15, -0.1) is 0 Å². The molecule has 1 saturated carbocycles. The van der Waals surface area contributed by atoms with Gasteiger partial charge >= 0.3 is 0 Å². The first kappa shape index (κ1) is 23.9. The summed E-state index contributed by atoms with van der Waals surface area (Å²) in [6, 6.07) is 14.2. The summed E-state index contributed by atoms with van der Waals surface area (Å²) in [5, 5.41) is 3.38. The van der Waals surface area contributed by atoms with Gasteiger partial charge in [-0.1, -0.05) is 48.0 Å². The van der Waals surface area contributed by atoms with Gasteiger partial charge in [-0.25, -0.2) is 14.8 Å². The third-order valence-electron chi connectivity index (χ3n) is 7.20. The molecule has 5 atom stereocenters. The van der Waals surface area contributed by atoms with Gasteiger partial charge in [-0.3, -0.25) is 10.2 Å². The van der Waals surface area contributed by atoms with E-state index in [-0.39, 0.29) is 23.7 Å². The Labute approximate surface area is 209 Å². The van der Waals surface area contributed by atoms with Gasteiger partial charge < -0.3 is 16.0 Å². The lowest BCUT2D eigenvalue weighted by Crippen LogP contribution is -2.39. The second-order valence-electron chi connectivity index (χ2n) is 9.62. The van der Waals surface area contributed by atoms with Gasteiger partial charge in [-0.05, 0) is 55.9 Å². The van der Waals surface area contributed by atoms with Gasteiger partial charge in [-0.2, -0.15) is 0 Å². The largest absolute Gasteiger partial charge is 0.343 e. The number of hydrogen-bond donors (Lipinski definition) is 5. The summed E-state index contributed by atoms with van der Waals surface area (Å²) in [7, 11) is 0. The number of aromatic amines is 1. The fraction of sp³-hybridized carbons (Fsp3) is 0.385. The molecule has 9 heteroatoms. The van der Waals surface area contributed by atoms with Gasteiger partial charge in [0.2, 0.25) is 0 Å². The smallest absolute Gasteiger partial charge is 0.254 e. The predicted molar refractivity (Wildman–Crippen MR) is 133 cm³/mol. The van der Waals surface area contributed by atoms with Crippen molar-refractivity contribution in [3.8, 4) is 0 Å². The van der Waals surface area contributed by atoms with E-state index >= 15 is 0 Å². The number of rotatable bonds is 6. The minimum absolute atomic E-state index is 0.000932. The Morgan fingerprint density at radius 3 is 2.80 bits per heavy atom. The molecule has 7 nitrogen and oxygen atoms in total. The molecule has 1 amide bonds. The molecule has 6 N–H and O–H groups in total. The van der Waals surface area contributed by atoms with Crippen molar-refractivity contribution >= 4 is 17.5 Å². The average Bonchev–Trinajstić information content (AvgIpc) is 3.41. The maximum absolute atomic E-state index is 14.5. The first-order chi connectivity index (χ1) is 16.9. The molecular weight excluding hydrogens is 467 g/mol. The number of aromatic nitrogens is 2. The molecule has 1 aliphatic heterocycles. The van der Waals surface area contributed by atoms with Gasteiger partial charge in [0.15, 0.2) is 5.15 Å². The maximum Gasteiger partial charge on any atom is 0.254 e. The van der Waals surface area contributed by atoms with Crippen molar-refractivity contribution in [1.29, 1.82) is 0 Å². The van der Waals surface area contributed by atoms with Crippen LogP contribution >= 0.6 is 11.6 Å². The Hall–Kier alpha value is -2.78. The molecule has 1 saturated heterocycles. The zero-order valence-electron chi connectivity index (χ0n) is 19.5. The number of hydrazine groups is 1. The molecule has 0 radical (unpaired) electrons. The highest BCUT2D eigenvalue weighted by atomic mass is 35.5. The number of nitrogens with zero attached hydrogens (tertiary/aromatic N) is 1. The zero-order valence-corrected chi connectivity index (χ0v) is 20.3. The molecular formula is C26H30ClFN6O. The number of aryl methyl sites for hydroxylation is 1. The van der Waals surface area contributed by atoms with Crippen LogP contribution in [0.1, 0.15) is 64.2 Å². The van der Waals surface area contributed by atoms with Gasteiger partial charge in [0.25, 0.3) is 5.91 Å². The third-order valence-corrected chi connectivity index (χ3v) is 7.49. The number of imidazole rings is 1. The molecule has 5 rings (SSSR count). The summed E-state index contributed by atoms with van der Waals surface area (Å²) in [5.74, 6) is 0.111. The van der Waals surface area contributed by atoms with Crippen molar-refractivity contribution in [2.45, 2.75) is 56.8 Å². The summed E-state index contributed by atoms with van der Waals surface area (Å²) >= 11 is 6.62. The SMILES string of the molecule is Cc1ccc(C(=O)N[C@@H](Cc2ccccc2)c2nc(Cl)c(C3CCC4C(N)NNC4C3)[nH]2)c(F)c1. The van der Waals surface area contributed by atoms with E-state index in [1.54, 1.807) is 13.0 Å². The molecule has 184 valence electrons. The van der Waals surface area contributed by atoms with Crippen molar-refractivity contribution in [1.82, 2.24) is 26.1 Å². The Balaban J connectivity index is 1.40. The highest BCUT2D eigenvalue weighted by Gasteiger charge is 2.40. The second kappa shape index (κ2) is 10.1. The minimum Gasteiger partial charge on any atom is -0.343 e. The fourth-order valence-corrected chi connectivity index (χ4v) is 5.58. The van der Waals surface area contributed by atoms with Crippen LogP contribution in [-0.2, 0) is 6.42 Å². The van der Waals surface area contributed by atoms with Crippen LogP contribution in [-0.4, -0.2) is 28.1 Å². The van der Waals surface area contributed by atoms with E-state index in [1.165, 1.54) is 12.1 Å². The lowest BCUT2D eigenvalue weighted by atomic mass is 9.77. The van der Waals surface area contributed by atoms with Crippen molar-refractivity contribution in [3.05, 3.63) is 87.7 Å². The highest BCUT2D eigenvalue weighted by molar-refractivity contribution is 6.30. The number of carbonyl (C=O) groups is 1. The molecule has 2 fully saturated rings.